The summed E-state index contributed by atoms with van der Waals surface area (Å²) < 4.78 is 0. The zero-order valence-corrected chi connectivity index (χ0v) is 21.1. The molecule has 32 heavy (non-hydrogen) atoms. The van der Waals surface area contributed by atoms with E-state index in [-0.39, 0.29) is 6.61 Å². The molecule has 0 radical (unpaired) electrons. The van der Waals surface area contributed by atoms with Crippen molar-refractivity contribution < 1.29 is 20.1 Å². The zero-order valence-electron chi connectivity index (χ0n) is 21.1. The molecule has 0 bridgehead atoms. The molecule has 0 fully saturated rings. The van der Waals surface area contributed by atoms with E-state index in [1.807, 2.05) is 6.08 Å². The summed E-state index contributed by atoms with van der Waals surface area (Å²) in [6.45, 7) is 4.08. The van der Waals surface area contributed by atoms with Crippen LogP contribution >= 0.6 is 0 Å². The number of nitrogens with one attached hydrogen (secondary N) is 1. The minimum absolute atomic E-state index is 0.362. The number of aliphatic hydroxyl groups is 3. The minimum Gasteiger partial charge on any atom is -0.394 e. The SMILES string of the molecule is CCCCCCCCCC/C=C/C(O)C(CO)NC(=O)C(O)CCCCCCCCCC. The molecule has 0 aliphatic carbocycles. The van der Waals surface area contributed by atoms with Gasteiger partial charge in [0.25, 0.3) is 0 Å². The first kappa shape index (κ1) is 31.1. The van der Waals surface area contributed by atoms with Gasteiger partial charge in [-0.15, -0.1) is 0 Å². The lowest BCUT2D eigenvalue weighted by Crippen LogP contribution is -2.48. The third-order valence-corrected chi connectivity index (χ3v) is 6.13. The van der Waals surface area contributed by atoms with Gasteiger partial charge in [-0.2, -0.15) is 0 Å². The Balaban J connectivity index is 3.91. The summed E-state index contributed by atoms with van der Waals surface area (Å²) >= 11 is 0. The van der Waals surface area contributed by atoms with Gasteiger partial charge in [-0.3, -0.25) is 4.79 Å². The molecular formula is C27H53NO4. The summed E-state index contributed by atoms with van der Waals surface area (Å²) in [6.07, 6.45) is 22.2. The van der Waals surface area contributed by atoms with Crippen LogP contribution in [0.25, 0.3) is 0 Å². The lowest BCUT2D eigenvalue weighted by atomic mass is 10.0. The fraction of sp³-hybridized carbons (Fsp3) is 0.889. The Morgan fingerprint density at radius 3 is 1.72 bits per heavy atom. The fourth-order valence-electron chi connectivity index (χ4n) is 3.89. The van der Waals surface area contributed by atoms with Crippen molar-refractivity contribution in [2.45, 2.75) is 148 Å². The molecule has 0 saturated carbocycles. The molecule has 0 aliphatic heterocycles. The summed E-state index contributed by atoms with van der Waals surface area (Å²) in [4.78, 5) is 12.2. The number of carbonyl (C=O) groups is 1. The maximum Gasteiger partial charge on any atom is 0.249 e. The molecule has 3 unspecified atom stereocenters. The second-order valence-corrected chi connectivity index (χ2v) is 9.26. The largest absolute Gasteiger partial charge is 0.394 e. The van der Waals surface area contributed by atoms with Gasteiger partial charge in [-0.25, -0.2) is 0 Å². The standard InChI is InChI=1S/C27H53NO4/c1-3-5-7-9-11-13-14-16-17-19-21-25(30)24(23-29)28-27(32)26(31)22-20-18-15-12-10-8-6-4-2/h19,21,24-26,29-31H,3-18,20,22-23H2,1-2H3,(H,28,32)/b21-19+. The van der Waals surface area contributed by atoms with E-state index in [9.17, 15) is 20.1 Å². The smallest absolute Gasteiger partial charge is 0.249 e. The van der Waals surface area contributed by atoms with E-state index in [0.717, 1.165) is 32.1 Å². The quantitative estimate of drug-likeness (QED) is 0.116. The van der Waals surface area contributed by atoms with Crippen molar-refractivity contribution >= 4 is 5.91 Å². The first-order valence-electron chi connectivity index (χ1n) is 13.5. The van der Waals surface area contributed by atoms with E-state index < -0.39 is 24.2 Å². The number of allylic oxidation sites excluding steroid dienone is 1. The highest BCUT2D eigenvalue weighted by atomic mass is 16.3. The summed E-state index contributed by atoms with van der Waals surface area (Å²) in [7, 11) is 0. The molecule has 3 atom stereocenters. The topological polar surface area (TPSA) is 89.8 Å². The molecule has 0 saturated heterocycles. The van der Waals surface area contributed by atoms with Gasteiger partial charge >= 0.3 is 0 Å². The summed E-state index contributed by atoms with van der Waals surface area (Å²) in [5, 5.41) is 32.5. The Morgan fingerprint density at radius 1 is 0.750 bits per heavy atom. The molecule has 0 aromatic rings. The Bertz CT molecular complexity index is 441. The molecule has 0 rings (SSSR count). The van der Waals surface area contributed by atoms with Crippen LogP contribution in [-0.4, -0.2) is 46.1 Å². The first-order chi connectivity index (χ1) is 15.6. The van der Waals surface area contributed by atoms with Crippen LogP contribution in [0.15, 0.2) is 12.2 Å². The maximum absolute atomic E-state index is 12.2. The number of carbonyl (C=O) groups excluding carboxylic acids is 1. The minimum atomic E-state index is -1.09. The molecule has 0 aromatic carbocycles. The first-order valence-corrected chi connectivity index (χ1v) is 13.5. The number of unbranched alkanes of at least 4 members (excludes halogenated alkanes) is 15. The molecule has 5 nitrogen and oxygen atoms in total. The van der Waals surface area contributed by atoms with E-state index in [1.165, 1.54) is 77.0 Å². The van der Waals surface area contributed by atoms with Crippen LogP contribution in [0.4, 0.5) is 0 Å². The molecule has 4 N–H and O–H groups in total. The zero-order chi connectivity index (χ0) is 23.9. The van der Waals surface area contributed by atoms with Gasteiger partial charge in [0.1, 0.15) is 6.10 Å². The van der Waals surface area contributed by atoms with Crippen LogP contribution in [0, 0.1) is 0 Å². The second kappa shape index (κ2) is 23.3. The van der Waals surface area contributed by atoms with Crippen molar-refractivity contribution in [3.8, 4) is 0 Å². The van der Waals surface area contributed by atoms with Crippen molar-refractivity contribution in [3.63, 3.8) is 0 Å². The number of aliphatic hydroxyl groups excluding tert-OH is 3. The van der Waals surface area contributed by atoms with E-state index >= 15 is 0 Å². The third kappa shape index (κ3) is 18.6. The van der Waals surface area contributed by atoms with Crippen molar-refractivity contribution in [3.05, 3.63) is 12.2 Å². The highest BCUT2D eigenvalue weighted by Gasteiger charge is 2.22. The highest BCUT2D eigenvalue weighted by Crippen LogP contribution is 2.12. The van der Waals surface area contributed by atoms with Gasteiger partial charge < -0.3 is 20.6 Å². The lowest BCUT2D eigenvalue weighted by Gasteiger charge is -2.21. The van der Waals surface area contributed by atoms with Crippen LogP contribution in [0.3, 0.4) is 0 Å². The van der Waals surface area contributed by atoms with Gasteiger partial charge in [0, 0.05) is 0 Å². The van der Waals surface area contributed by atoms with Crippen molar-refractivity contribution in [1.82, 2.24) is 5.32 Å². The molecule has 0 spiro atoms. The van der Waals surface area contributed by atoms with E-state index in [2.05, 4.69) is 19.2 Å². The molecule has 1 amide bonds. The Kier molecular flexibility index (Phi) is 22.6. The van der Waals surface area contributed by atoms with E-state index in [0.29, 0.717) is 6.42 Å². The summed E-state index contributed by atoms with van der Waals surface area (Å²) in [6, 6.07) is -0.787. The van der Waals surface area contributed by atoms with Crippen molar-refractivity contribution in [2.75, 3.05) is 6.61 Å². The van der Waals surface area contributed by atoms with Gasteiger partial charge in [-0.1, -0.05) is 122 Å². The van der Waals surface area contributed by atoms with Crippen molar-refractivity contribution in [1.29, 1.82) is 0 Å². The maximum atomic E-state index is 12.2. The molecule has 0 aromatic heterocycles. The van der Waals surface area contributed by atoms with Crippen LogP contribution < -0.4 is 5.32 Å². The van der Waals surface area contributed by atoms with Gasteiger partial charge in [0.05, 0.1) is 18.8 Å². The predicted octanol–water partition coefficient (Wildman–Crippen LogP) is 5.80. The Labute approximate surface area is 198 Å². The Morgan fingerprint density at radius 2 is 1.22 bits per heavy atom. The predicted molar refractivity (Wildman–Crippen MR) is 135 cm³/mol. The third-order valence-electron chi connectivity index (χ3n) is 6.13. The van der Waals surface area contributed by atoms with Crippen LogP contribution in [-0.2, 0) is 4.79 Å². The summed E-state index contributed by atoms with van der Waals surface area (Å²) in [5.41, 5.74) is 0. The molecule has 190 valence electrons. The van der Waals surface area contributed by atoms with Gasteiger partial charge in [-0.05, 0) is 19.3 Å². The number of rotatable bonds is 23. The van der Waals surface area contributed by atoms with Crippen LogP contribution in [0.1, 0.15) is 129 Å². The average Bonchev–Trinajstić information content (AvgIpc) is 2.79. The van der Waals surface area contributed by atoms with Gasteiger partial charge in [0.15, 0.2) is 0 Å². The average molecular weight is 456 g/mol. The van der Waals surface area contributed by atoms with E-state index in [4.69, 9.17) is 0 Å². The second-order valence-electron chi connectivity index (χ2n) is 9.26. The van der Waals surface area contributed by atoms with Crippen molar-refractivity contribution in [2.24, 2.45) is 0 Å². The number of hydrogen-bond acceptors (Lipinski definition) is 4. The number of hydrogen-bond donors (Lipinski definition) is 4. The van der Waals surface area contributed by atoms with Crippen LogP contribution in [0.2, 0.25) is 0 Å². The monoisotopic (exact) mass is 455 g/mol. The summed E-state index contributed by atoms with van der Waals surface area (Å²) in [5.74, 6) is -0.512. The molecule has 0 heterocycles. The lowest BCUT2D eigenvalue weighted by molar-refractivity contribution is -0.131. The van der Waals surface area contributed by atoms with E-state index in [1.54, 1.807) is 6.08 Å². The molecule has 0 aliphatic rings. The normalized spacial score (nSPS) is 14.5. The highest BCUT2D eigenvalue weighted by molar-refractivity contribution is 5.80. The Hall–Kier alpha value is -0.910. The molecule has 5 heteroatoms. The molecular weight excluding hydrogens is 402 g/mol. The van der Waals surface area contributed by atoms with Gasteiger partial charge in [0.2, 0.25) is 5.91 Å². The number of amides is 1. The van der Waals surface area contributed by atoms with Crippen LogP contribution in [0.5, 0.6) is 0 Å². The fourth-order valence-corrected chi connectivity index (χ4v) is 3.89.